The van der Waals surface area contributed by atoms with Gasteiger partial charge in [0.05, 0.1) is 11.2 Å². The fourth-order valence-electron chi connectivity index (χ4n) is 2.16. The second-order valence-corrected chi connectivity index (χ2v) is 5.90. The summed E-state index contributed by atoms with van der Waals surface area (Å²) in [5, 5.41) is 6.41. The highest BCUT2D eigenvalue weighted by atomic mass is 35.5. The Morgan fingerprint density at radius 2 is 2.32 bits per heavy atom. The summed E-state index contributed by atoms with van der Waals surface area (Å²) in [6.45, 7) is 6.90. The van der Waals surface area contributed by atoms with Crippen LogP contribution in [-0.4, -0.2) is 30.5 Å². The summed E-state index contributed by atoms with van der Waals surface area (Å²) in [5.74, 6) is 0.0109. The van der Waals surface area contributed by atoms with Crippen LogP contribution in [0.5, 0.6) is 0 Å². The van der Waals surface area contributed by atoms with E-state index in [1.54, 1.807) is 5.51 Å². The highest BCUT2D eigenvalue weighted by Crippen LogP contribution is 2.24. The second-order valence-electron chi connectivity index (χ2n) is 5.04. The van der Waals surface area contributed by atoms with Crippen molar-refractivity contribution in [1.29, 1.82) is 0 Å². The van der Waals surface area contributed by atoms with Crippen molar-refractivity contribution in [3.05, 3.63) is 16.1 Å². The molecular weight excluding hydrogens is 305 g/mol. The van der Waals surface area contributed by atoms with Crippen molar-refractivity contribution < 1.29 is 4.79 Å². The summed E-state index contributed by atoms with van der Waals surface area (Å²) in [4.78, 5) is 16.8. The molecule has 1 amide bonds. The summed E-state index contributed by atoms with van der Waals surface area (Å²) in [6, 6.07) is 0. The number of hydrogen-bond donors (Lipinski definition) is 2. The van der Waals surface area contributed by atoms with Crippen LogP contribution in [0.2, 0.25) is 0 Å². The normalized spacial score (nSPS) is 22.0. The van der Waals surface area contributed by atoms with Crippen LogP contribution in [0.1, 0.15) is 35.1 Å². The number of amides is 1. The molecule has 4 nitrogen and oxygen atoms in total. The SMILES string of the molecule is Cc1ncsc1C(=O)NCC1(C)CCCNC1.Cl.Cl. The Balaban J connectivity index is 0.00000162. The van der Waals surface area contributed by atoms with Gasteiger partial charge in [0.15, 0.2) is 0 Å². The van der Waals surface area contributed by atoms with Gasteiger partial charge in [-0.3, -0.25) is 4.79 Å². The topological polar surface area (TPSA) is 54.0 Å². The monoisotopic (exact) mass is 325 g/mol. The molecule has 1 aliphatic rings. The van der Waals surface area contributed by atoms with Crippen molar-refractivity contribution in [2.45, 2.75) is 26.7 Å². The van der Waals surface area contributed by atoms with E-state index in [4.69, 9.17) is 0 Å². The van der Waals surface area contributed by atoms with Crippen molar-refractivity contribution in [3.8, 4) is 0 Å². The Hall–Kier alpha value is -0.360. The van der Waals surface area contributed by atoms with Crippen LogP contribution in [0.4, 0.5) is 0 Å². The van der Waals surface area contributed by atoms with E-state index in [2.05, 4.69) is 22.5 Å². The molecule has 1 aliphatic heterocycles. The zero-order valence-electron chi connectivity index (χ0n) is 11.2. The van der Waals surface area contributed by atoms with E-state index in [0.29, 0.717) is 0 Å². The van der Waals surface area contributed by atoms with Gasteiger partial charge in [0.1, 0.15) is 4.88 Å². The lowest BCUT2D eigenvalue weighted by molar-refractivity contribution is 0.0928. The Morgan fingerprint density at radius 1 is 1.58 bits per heavy atom. The average Bonchev–Trinajstić information content (AvgIpc) is 2.74. The molecule has 0 aromatic carbocycles. The number of halogens is 2. The number of piperidine rings is 1. The Kier molecular flexibility index (Phi) is 7.89. The van der Waals surface area contributed by atoms with Gasteiger partial charge in [0.25, 0.3) is 5.91 Å². The van der Waals surface area contributed by atoms with Gasteiger partial charge in [-0.25, -0.2) is 4.98 Å². The summed E-state index contributed by atoms with van der Waals surface area (Å²) in [5.41, 5.74) is 2.72. The molecule has 2 N–H and O–H groups in total. The molecule has 1 fully saturated rings. The second kappa shape index (κ2) is 8.04. The maximum absolute atomic E-state index is 12.0. The number of carbonyl (C=O) groups is 1. The number of rotatable bonds is 3. The molecule has 0 saturated carbocycles. The van der Waals surface area contributed by atoms with Crippen LogP contribution in [-0.2, 0) is 0 Å². The molecule has 1 saturated heterocycles. The zero-order chi connectivity index (χ0) is 12.3. The van der Waals surface area contributed by atoms with E-state index in [-0.39, 0.29) is 36.1 Å². The van der Waals surface area contributed by atoms with Gasteiger partial charge in [-0.2, -0.15) is 0 Å². The van der Waals surface area contributed by atoms with Crippen LogP contribution in [0.15, 0.2) is 5.51 Å². The van der Waals surface area contributed by atoms with E-state index in [1.165, 1.54) is 24.2 Å². The minimum Gasteiger partial charge on any atom is -0.351 e. The molecular formula is C12H21Cl2N3OS. The van der Waals surface area contributed by atoms with Crippen molar-refractivity contribution in [1.82, 2.24) is 15.6 Å². The molecule has 19 heavy (non-hydrogen) atoms. The molecule has 1 unspecified atom stereocenters. The third kappa shape index (κ3) is 4.91. The fourth-order valence-corrected chi connectivity index (χ4v) is 2.88. The number of nitrogens with zero attached hydrogens (tertiary/aromatic N) is 1. The molecule has 2 rings (SSSR count). The number of aromatic nitrogens is 1. The van der Waals surface area contributed by atoms with E-state index < -0.39 is 0 Å². The highest BCUT2D eigenvalue weighted by molar-refractivity contribution is 7.11. The molecule has 2 heterocycles. The van der Waals surface area contributed by atoms with E-state index in [1.807, 2.05) is 6.92 Å². The van der Waals surface area contributed by atoms with Crippen LogP contribution in [0, 0.1) is 12.3 Å². The van der Waals surface area contributed by atoms with Gasteiger partial charge in [-0.1, -0.05) is 6.92 Å². The van der Waals surface area contributed by atoms with Crippen LogP contribution in [0.25, 0.3) is 0 Å². The Labute approximate surface area is 130 Å². The van der Waals surface area contributed by atoms with Crippen LogP contribution < -0.4 is 10.6 Å². The number of thiazole rings is 1. The average molecular weight is 326 g/mol. The van der Waals surface area contributed by atoms with E-state index in [9.17, 15) is 4.79 Å². The third-order valence-electron chi connectivity index (χ3n) is 3.31. The van der Waals surface area contributed by atoms with Gasteiger partial charge >= 0.3 is 0 Å². The summed E-state index contributed by atoms with van der Waals surface area (Å²) < 4.78 is 0. The minimum atomic E-state index is 0. The fraction of sp³-hybridized carbons (Fsp3) is 0.667. The molecule has 0 bridgehead atoms. The van der Waals surface area contributed by atoms with Gasteiger partial charge in [-0.05, 0) is 31.7 Å². The zero-order valence-corrected chi connectivity index (χ0v) is 13.6. The highest BCUT2D eigenvalue weighted by Gasteiger charge is 2.27. The number of nitrogens with one attached hydrogen (secondary N) is 2. The van der Waals surface area contributed by atoms with E-state index in [0.717, 1.165) is 30.2 Å². The molecule has 7 heteroatoms. The lowest BCUT2D eigenvalue weighted by atomic mass is 9.83. The Morgan fingerprint density at radius 3 is 2.84 bits per heavy atom. The van der Waals surface area contributed by atoms with E-state index >= 15 is 0 Å². The van der Waals surface area contributed by atoms with Gasteiger partial charge in [-0.15, -0.1) is 36.2 Å². The molecule has 1 atom stereocenters. The van der Waals surface area contributed by atoms with Crippen molar-refractivity contribution in [3.63, 3.8) is 0 Å². The quantitative estimate of drug-likeness (QED) is 0.897. The van der Waals surface area contributed by atoms with Gasteiger partial charge in [0, 0.05) is 13.1 Å². The molecule has 0 radical (unpaired) electrons. The van der Waals surface area contributed by atoms with Crippen molar-refractivity contribution >= 4 is 42.1 Å². The standard InChI is InChI=1S/C12H19N3OS.2ClH/c1-9-10(17-8-15-9)11(16)14-7-12(2)4-3-5-13-6-12;;/h8,13H,3-7H2,1-2H3,(H,14,16);2*1H. The molecule has 1 aromatic heterocycles. The summed E-state index contributed by atoms with van der Waals surface area (Å²) in [7, 11) is 0. The maximum Gasteiger partial charge on any atom is 0.263 e. The third-order valence-corrected chi connectivity index (χ3v) is 4.24. The van der Waals surface area contributed by atoms with Gasteiger partial charge in [0.2, 0.25) is 0 Å². The van der Waals surface area contributed by atoms with Crippen molar-refractivity contribution in [2.75, 3.05) is 19.6 Å². The summed E-state index contributed by atoms with van der Waals surface area (Å²) in [6.07, 6.45) is 2.36. The predicted octanol–water partition coefficient (Wildman–Crippen LogP) is 2.41. The largest absolute Gasteiger partial charge is 0.351 e. The molecule has 0 spiro atoms. The maximum atomic E-state index is 12.0. The van der Waals surface area contributed by atoms with Crippen LogP contribution >= 0.6 is 36.2 Å². The minimum absolute atomic E-state index is 0. The molecule has 0 aliphatic carbocycles. The Bertz CT molecular complexity index is 405. The first-order chi connectivity index (χ1) is 8.11. The van der Waals surface area contributed by atoms with Crippen LogP contribution in [0.3, 0.4) is 0 Å². The lowest BCUT2D eigenvalue weighted by Crippen LogP contribution is -2.45. The lowest BCUT2D eigenvalue weighted by Gasteiger charge is -2.34. The number of carbonyl (C=O) groups excluding carboxylic acids is 1. The molecule has 1 aromatic rings. The summed E-state index contributed by atoms with van der Waals surface area (Å²) >= 11 is 1.40. The van der Waals surface area contributed by atoms with Gasteiger partial charge < -0.3 is 10.6 Å². The number of aryl methyl sites for hydroxylation is 1. The molecule has 110 valence electrons. The predicted molar refractivity (Wildman–Crippen MR) is 83.9 cm³/mol. The number of hydrogen-bond acceptors (Lipinski definition) is 4. The first-order valence-corrected chi connectivity index (χ1v) is 6.88. The smallest absolute Gasteiger partial charge is 0.263 e. The first-order valence-electron chi connectivity index (χ1n) is 6.00. The van der Waals surface area contributed by atoms with Crippen molar-refractivity contribution in [2.24, 2.45) is 5.41 Å². The first kappa shape index (κ1) is 18.6.